The Morgan fingerprint density at radius 1 is 1.10 bits per heavy atom. The fourth-order valence-electron chi connectivity index (χ4n) is 2.66. The van der Waals surface area contributed by atoms with Gasteiger partial charge in [0.05, 0.1) is 12.6 Å². The van der Waals surface area contributed by atoms with Crippen molar-refractivity contribution in [1.82, 2.24) is 0 Å². The number of methoxy groups -OCH3 is 1. The number of hydrogen-bond acceptors (Lipinski definition) is 2. The molecule has 1 aliphatic rings. The molecule has 1 N–H and O–H groups in total. The molecule has 0 radical (unpaired) electrons. The highest BCUT2D eigenvalue weighted by Gasteiger charge is 2.32. The van der Waals surface area contributed by atoms with Gasteiger partial charge in [-0.05, 0) is 42.0 Å². The van der Waals surface area contributed by atoms with Gasteiger partial charge in [-0.1, -0.05) is 42.5 Å². The molecule has 1 saturated carbocycles. The zero-order valence-corrected chi connectivity index (χ0v) is 11.9. The molecule has 2 aromatic rings. The monoisotopic (exact) mass is 267 g/mol. The van der Waals surface area contributed by atoms with Gasteiger partial charge in [0, 0.05) is 12.8 Å². The first-order valence-corrected chi connectivity index (χ1v) is 7.26. The highest BCUT2D eigenvalue weighted by molar-refractivity contribution is 5.48. The summed E-state index contributed by atoms with van der Waals surface area (Å²) >= 11 is 0. The minimum atomic E-state index is 0.425. The van der Waals surface area contributed by atoms with Gasteiger partial charge in [0.1, 0.15) is 0 Å². The second-order valence-corrected chi connectivity index (χ2v) is 5.50. The summed E-state index contributed by atoms with van der Waals surface area (Å²) in [6, 6.07) is 19.7. The molecule has 1 atom stereocenters. The third-order valence-corrected chi connectivity index (χ3v) is 3.81. The average Bonchev–Trinajstić information content (AvgIpc) is 3.31. The molecule has 20 heavy (non-hydrogen) atoms. The Bertz CT molecular complexity index is 548. The van der Waals surface area contributed by atoms with E-state index >= 15 is 0 Å². The lowest BCUT2D eigenvalue weighted by atomic mass is 10.0. The van der Waals surface area contributed by atoms with Gasteiger partial charge < -0.3 is 10.1 Å². The van der Waals surface area contributed by atoms with Crippen molar-refractivity contribution < 1.29 is 4.74 Å². The van der Waals surface area contributed by atoms with Crippen molar-refractivity contribution in [2.75, 3.05) is 12.4 Å². The minimum Gasteiger partial charge on any atom is -0.380 e. The van der Waals surface area contributed by atoms with Gasteiger partial charge in [-0.25, -0.2) is 0 Å². The van der Waals surface area contributed by atoms with Crippen LogP contribution in [-0.2, 0) is 11.3 Å². The van der Waals surface area contributed by atoms with Crippen LogP contribution in [0.5, 0.6) is 0 Å². The molecule has 0 bridgehead atoms. The molecule has 104 valence electrons. The first-order valence-electron chi connectivity index (χ1n) is 7.26. The van der Waals surface area contributed by atoms with Gasteiger partial charge in [0.2, 0.25) is 0 Å². The number of anilines is 1. The summed E-state index contributed by atoms with van der Waals surface area (Å²) in [5.41, 5.74) is 3.77. The first-order chi connectivity index (χ1) is 9.86. The molecule has 0 saturated heterocycles. The number of hydrogen-bond donors (Lipinski definition) is 1. The fourth-order valence-corrected chi connectivity index (χ4v) is 2.66. The predicted octanol–water partition coefficient (Wildman–Crippen LogP) is 4.40. The molecule has 1 unspecified atom stereocenters. The Labute approximate surface area is 120 Å². The van der Waals surface area contributed by atoms with E-state index < -0.39 is 0 Å². The van der Waals surface area contributed by atoms with E-state index in [1.54, 1.807) is 7.11 Å². The van der Waals surface area contributed by atoms with Crippen molar-refractivity contribution in [3.8, 4) is 0 Å². The lowest BCUT2D eigenvalue weighted by Gasteiger charge is -2.20. The normalized spacial score (nSPS) is 15.8. The highest BCUT2D eigenvalue weighted by atomic mass is 16.5. The maximum Gasteiger partial charge on any atom is 0.0713 e. The third kappa shape index (κ3) is 3.20. The van der Waals surface area contributed by atoms with Gasteiger partial charge in [-0.15, -0.1) is 0 Å². The van der Waals surface area contributed by atoms with Crippen LogP contribution < -0.4 is 5.32 Å². The van der Waals surface area contributed by atoms with Crippen LogP contribution in [-0.4, -0.2) is 7.11 Å². The van der Waals surface area contributed by atoms with Crippen LogP contribution in [0.15, 0.2) is 54.6 Å². The summed E-state index contributed by atoms with van der Waals surface area (Å²) in [5.74, 6) is 0.767. The highest BCUT2D eigenvalue weighted by Crippen LogP contribution is 2.42. The van der Waals surface area contributed by atoms with Crippen LogP contribution in [0, 0.1) is 5.92 Å². The second kappa shape index (κ2) is 6.10. The molecule has 0 spiro atoms. The fraction of sp³-hybridized carbons (Fsp3) is 0.333. The zero-order chi connectivity index (χ0) is 13.8. The molecule has 2 aromatic carbocycles. The van der Waals surface area contributed by atoms with Gasteiger partial charge in [0.15, 0.2) is 0 Å². The van der Waals surface area contributed by atoms with Crippen molar-refractivity contribution in [1.29, 1.82) is 0 Å². The molecule has 1 aliphatic carbocycles. The van der Waals surface area contributed by atoms with Crippen LogP contribution >= 0.6 is 0 Å². The Morgan fingerprint density at radius 3 is 2.60 bits per heavy atom. The zero-order valence-electron chi connectivity index (χ0n) is 11.9. The van der Waals surface area contributed by atoms with E-state index in [2.05, 4.69) is 59.9 Å². The summed E-state index contributed by atoms with van der Waals surface area (Å²) in [5, 5.41) is 3.70. The Balaban J connectivity index is 1.78. The average molecular weight is 267 g/mol. The van der Waals surface area contributed by atoms with E-state index in [1.165, 1.54) is 29.7 Å². The van der Waals surface area contributed by atoms with Gasteiger partial charge in [-0.2, -0.15) is 0 Å². The van der Waals surface area contributed by atoms with Crippen LogP contribution in [0.3, 0.4) is 0 Å². The summed E-state index contributed by atoms with van der Waals surface area (Å²) in [6.07, 6.45) is 2.65. The maximum atomic E-state index is 5.20. The molecule has 1 fully saturated rings. The van der Waals surface area contributed by atoms with Crippen molar-refractivity contribution in [3.05, 3.63) is 65.7 Å². The van der Waals surface area contributed by atoms with E-state index in [0.29, 0.717) is 12.6 Å². The summed E-state index contributed by atoms with van der Waals surface area (Å²) < 4.78 is 5.20. The van der Waals surface area contributed by atoms with Crippen LogP contribution in [0.2, 0.25) is 0 Å². The molecule has 0 aliphatic heterocycles. The minimum absolute atomic E-state index is 0.425. The van der Waals surface area contributed by atoms with Crippen LogP contribution in [0.1, 0.15) is 30.0 Å². The van der Waals surface area contributed by atoms with E-state index in [-0.39, 0.29) is 0 Å². The largest absolute Gasteiger partial charge is 0.380 e. The molecule has 0 amide bonds. The molecule has 2 nitrogen and oxygen atoms in total. The van der Waals surface area contributed by atoms with Gasteiger partial charge >= 0.3 is 0 Å². The Morgan fingerprint density at radius 2 is 1.90 bits per heavy atom. The van der Waals surface area contributed by atoms with Gasteiger partial charge in [0.25, 0.3) is 0 Å². The lowest BCUT2D eigenvalue weighted by molar-refractivity contribution is 0.185. The molecular formula is C18H21NO. The quantitative estimate of drug-likeness (QED) is 0.837. The van der Waals surface area contributed by atoms with Crippen molar-refractivity contribution in [2.45, 2.75) is 25.5 Å². The molecular weight excluding hydrogens is 246 g/mol. The van der Waals surface area contributed by atoms with Crippen LogP contribution in [0.4, 0.5) is 5.69 Å². The molecule has 2 heteroatoms. The van der Waals surface area contributed by atoms with E-state index in [4.69, 9.17) is 4.74 Å². The lowest BCUT2D eigenvalue weighted by Crippen LogP contribution is -2.12. The second-order valence-electron chi connectivity index (χ2n) is 5.50. The SMILES string of the molecule is COCc1cccc(NC(c2ccccc2)C2CC2)c1. The van der Waals surface area contributed by atoms with E-state index in [9.17, 15) is 0 Å². The standard InChI is InChI=1S/C18H21NO/c1-20-13-14-6-5-9-17(12-14)19-18(16-10-11-16)15-7-3-2-4-8-15/h2-9,12,16,18-19H,10-11,13H2,1H3. The van der Waals surface area contributed by atoms with E-state index in [1.807, 2.05) is 0 Å². The van der Waals surface area contributed by atoms with Gasteiger partial charge in [-0.3, -0.25) is 0 Å². The Kier molecular flexibility index (Phi) is 4.03. The molecule has 3 rings (SSSR count). The third-order valence-electron chi connectivity index (χ3n) is 3.81. The number of ether oxygens (including phenoxy) is 1. The molecule has 0 heterocycles. The van der Waals surface area contributed by atoms with Crippen LogP contribution in [0.25, 0.3) is 0 Å². The number of benzene rings is 2. The topological polar surface area (TPSA) is 21.3 Å². The van der Waals surface area contributed by atoms with Crippen molar-refractivity contribution in [3.63, 3.8) is 0 Å². The smallest absolute Gasteiger partial charge is 0.0713 e. The van der Waals surface area contributed by atoms with Crippen molar-refractivity contribution >= 4 is 5.69 Å². The predicted molar refractivity (Wildman–Crippen MR) is 82.7 cm³/mol. The number of rotatable bonds is 6. The van der Waals surface area contributed by atoms with Crippen molar-refractivity contribution in [2.24, 2.45) is 5.92 Å². The summed E-state index contributed by atoms with van der Waals surface area (Å²) in [6.45, 7) is 0.662. The van der Waals surface area contributed by atoms with E-state index in [0.717, 1.165) is 5.92 Å². The Hall–Kier alpha value is -1.80. The maximum absolute atomic E-state index is 5.20. The molecule has 0 aromatic heterocycles. The first kappa shape index (κ1) is 13.2. The summed E-state index contributed by atoms with van der Waals surface area (Å²) in [4.78, 5) is 0. The summed E-state index contributed by atoms with van der Waals surface area (Å²) in [7, 11) is 1.73. The number of nitrogens with one attached hydrogen (secondary N) is 1.